The maximum Gasteiger partial charge on any atom is 0.326 e. The van der Waals surface area contributed by atoms with Crippen LogP contribution in [0.3, 0.4) is 0 Å². The molecule has 0 spiro atoms. The number of fused-ring (bicyclic) bond motifs is 1. The van der Waals surface area contributed by atoms with Crippen LogP contribution in [0.5, 0.6) is 5.75 Å². The summed E-state index contributed by atoms with van der Waals surface area (Å²) in [7, 11) is 1.48. The van der Waals surface area contributed by atoms with Gasteiger partial charge in [0.25, 0.3) is 11.7 Å². The molecule has 2 rings (SSSR count). The molecule has 0 fully saturated rings. The third kappa shape index (κ3) is 3.04. The molecule has 1 aromatic rings. The quantitative estimate of drug-likeness (QED) is 0.452. The standard InChI is InChI=1S/C15H17NO5/c1-3-4-7-21-13(17)9-16-12-6-5-10(20-2)8-11(12)14(18)15(16)19/h5-6,8H,3-4,7,9H2,1-2H3. The van der Waals surface area contributed by atoms with Crippen molar-refractivity contribution in [1.82, 2.24) is 0 Å². The summed E-state index contributed by atoms with van der Waals surface area (Å²) in [6, 6.07) is 4.73. The van der Waals surface area contributed by atoms with E-state index in [-0.39, 0.29) is 12.1 Å². The number of nitrogens with zero attached hydrogens (tertiary/aromatic N) is 1. The third-order valence-corrected chi connectivity index (χ3v) is 3.23. The molecule has 0 unspecified atom stereocenters. The molecule has 0 saturated carbocycles. The van der Waals surface area contributed by atoms with E-state index < -0.39 is 17.7 Å². The first-order chi connectivity index (χ1) is 10.1. The van der Waals surface area contributed by atoms with Crippen molar-refractivity contribution in [3.63, 3.8) is 0 Å². The summed E-state index contributed by atoms with van der Waals surface area (Å²) in [5, 5.41) is 0. The molecule has 0 radical (unpaired) electrons. The van der Waals surface area contributed by atoms with E-state index in [0.29, 0.717) is 18.0 Å². The van der Waals surface area contributed by atoms with Crippen LogP contribution in [-0.4, -0.2) is 37.9 Å². The van der Waals surface area contributed by atoms with Gasteiger partial charge >= 0.3 is 5.97 Å². The topological polar surface area (TPSA) is 72.9 Å². The van der Waals surface area contributed by atoms with Crippen molar-refractivity contribution < 1.29 is 23.9 Å². The number of ether oxygens (including phenoxy) is 2. The van der Waals surface area contributed by atoms with Gasteiger partial charge in [0.2, 0.25) is 0 Å². The van der Waals surface area contributed by atoms with Crippen molar-refractivity contribution in [2.75, 3.05) is 25.2 Å². The first kappa shape index (κ1) is 15.0. The van der Waals surface area contributed by atoms with Crippen molar-refractivity contribution in [1.29, 1.82) is 0 Å². The Morgan fingerprint density at radius 3 is 2.71 bits per heavy atom. The number of benzene rings is 1. The Bertz CT molecular complexity index is 581. The number of amides is 1. The molecule has 21 heavy (non-hydrogen) atoms. The summed E-state index contributed by atoms with van der Waals surface area (Å²) in [5.41, 5.74) is 0.666. The predicted octanol–water partition coefficient (Wildman–Crippen LogP) is 1.57. The predicted molar refractivity (Wildman–Crippen MR) is 75.5 cm³/mol. The molecule has 1 aliphatic heterocycles. The molecular weight excluding hydrogens is 274 g/mol. The molecule has 0 aromatic heterocycles. The average Bonchev–Trinajstić information content (AvgIpc) is 2.72. The summed E-state index contributed by atoms with van der Waals surface area (Å²) >= 11 is 0. The van der Waals surface area contributed by atoms with E-state index in [2.05, 4.69) is 0 Å². The summed E-state index contributed by atoms with van der Waals surface area (Å²) < 4.78 is 10.1. The number of methoxy groups -OCH3 is 1. The van der Waals surface area contributed by atoms with Crippen LogP contribution in [0.1, 0.15) is 30.1 Å². The van der Waals surface area contributed by atoms with Crippen LogP contribution in [0.2, 0.25) is 0 Å². The molecule has 1 aliphatic rings. The molecule has 0 bridgehead atoms. The van der Waals surface area contributed by atoms with E-state index >= 15 is 0 Å². The van der Waals surface area contributed by atoms with Crippen LogP contribution in [0.4, 0.5) is 5.69 Å². The number of carbonyl (C=O) groups excluding carboxylic acids is 3. The lowest BCUT2D eigenvalue weighted by atomic mass is 10.1. The van der Waals surface area contributed by atoms with E-state index in [1.165, 1.54) is 13.2 Å². The largest absolute Gasteiger partial charge is 0.497 e. The number of hydrogen-bond acceptors (Lipinski definition) is 5. The monoisotopic (exact) mass is 291 g/mol. The highest BCUT2D eigenvalue weighted by atomic mass is 16.5. The molecule has 6 nitrogen and oxygen atoms in total. The van der Waals surface area contributed by atoms with E-state index in [9.17, 15) is 14.4 Å². The van der Waals surface area contributed by atoms with E-state index in [0.717, 1.165) is 17.7 Å². The van der Waals surface area contributed by atoms with Crippen LogP contribution in [0.15, 0.2) is 18.2 Å². The number of unbranched alkanes of at least 4 members (excludes halogenated alkanes) is 1. The minimum absolute atomic E-state index is 0.251. The van der Waals surface area contributed by atoms with Gasteiger partial charge in [-0.2, -0.15) is 0 Å². The number of hydrogen-bond donors (Lipinski definition) is 0. The fourth-order valence-electron chi connectivity index (χ4n) is 2.07. The first-order valence-electron chi connectivity index (χ1n) is 6.78. The number of rotatable bonds is 6. The van der Waals surface area contributed by atoms with Gasteiger partial charge < -0.3 is 9.47 Å². The van der Waals surface area contributed by atoms with Crippen LogP contribution in [-0.2, 0) is 14.3 Å². The zero-order chi connectivity index (χ0) is 15.4. The van der Waals surface area contributed by atoms with Gasteiger partial charge in [-0.05, 0) is 24.6 Å². The highest BCUT2D eigenvalue weighted by Crippen LogP contribution is 2.31. The molecule has 6 heteroatoms. The maximum atomic E-state index is 12.0. The van der Waals surface area contributed by atoms with Gasteiger partial charge in [0.05, 0.1) is 25.0 Å². The van der Waals surface area contributed by atoms with Crippen molar-refractivity contribution >= 4 is 23.3 Å². The molecule has 112 valence electrons. The van der Waals surface area contributed by atoms with E-state index in [4.69, 9.17) is 9.47 Å². The molecule has 0 atom stereocenters. The summed E-state index contributed by atoms with van der Waals surface area (Å²) in [6.45, 7) is 2.05. The highest BCUT2D eigenvalue weighted by Gasteiger charge is 2.37. The molecule has 1 heterocycles. The number of Topliss-reactive ketones (excluding diaryl/α,β-unsaturated/α-hetero) is 1. The van der Waals surface area contributed by atoms with Crippen LogP contribution >= 0.6 is 0 Å². The molecule has 0 N–H and O–H groups in total. The third-order valence-electron chi connectivity index (χ3n) is 3.23. The Morgan fingerprint density at radius 2 is 2.05 bits per heavy atom. The smallest absolute Gasteiger partial charge is 0.326 e. The lowest BCUT2D eigenvalue weighted by Gasteiger charge is -2.15. The van der Waals surface area contributed by atoms with E-state index in [1.807, 2.05) is 6.92 Å². The minimum Gasteiger partial charge on any atom is -0.497 e. The van der Waals surface area contributed by atoms with Crippen molar-refractivity contribution in [3.8, 4) is 5.75 Å². The van der Waals surface area contributed by atoms with Gasteiger partial charge in [-0.3, -0.25) is 19.3 Å². The second-order valence-electron chi connectivity index (χ2n) is 4.68. The maximum absolute atomic E-state index is 12.0. The summed E-state index contributed by atoms with van der Waals surface area (Å²) in [5.74, 6) is -1.38. The Hall–Kier alpha value is -2.37. The summed E-state index contributed by atoms with van der Waals surface area (Å²) in [4.78, 5) is 36.7. The summed E-state index contributed by atoms with van der Waals surface area (Å²) in [6.07, 6.45) is 1.68. The molecule has 0 aliphatic carbocycles. The van der Waals surface area contributed by atoms with Gasteiger partial charge in [-0.1, -0.05) is 13.3 Å². The number of ketones is 1. The van der Waals surface area contributed by atoms with Crippen molar-refractivity contribution in [2.24, 2.45) is 0 Å². The number of carbonyl (C=O) groups is 3. The fourth-order valence-corrected chi connectivity index (χ4v) is 2.07. The normalized spacial score (nSPS) is 13.3. The minimum atomic E-state index is -0.717. The Labute approximate surface area is 122 Å². The fraction of sp³-hybridized carbons (Fsp3) is 0.400. The van der Waals surface area contributed by atoms with Gasteiger partial charge in [0, 0.05) is 0 Å². The van der Waals surface area contributed by atoms with Gasteiger partial charge in [-0.15, -0.1) is 0 Å². The highest BCUT2D eigenvalue weighted by molar-refractivity contribution is 6.52. The second-order valence-corrected chi connectivity index (χ2v) is 4.68. The van der Waals surface area contributed by atoms with Crippen LogP contribution in [0, 0.1) is 0 Å². The Morgan fingerprint density at radius 1 is 1.29 bits per heavy atom. The lowest BCUT2D eigenvalue weighted by molar-refractivity contribution is -0.142. The zero-order valence-electron chi connectivity index (χ0n) is 12.0. The van der Waals surface area contributed by atoms with Gasteiger partial charge in [0.15, 0.2) is 0 Å². The molecule has 1 amide bonds. The van der Waals surface area contributed by atoms with Gasteiger partial charge in [0.1, 0.15) is 12.3 Å². The first-order valence-corrected chi connectivity index (χ1v) is 6.78. The van der Waals surface area contributed by atoms with Gasteiger partial charge in [-0.25, -0.2) is 0 Å². The van der Waals surface area contributed by atoms with Crippen LogP contribution < -0.4 is 9.64 Å². The Balaban J connectivity index is 2.14. The van der Waals surface area contributed by atoms with Crippen LogP contribution in [0.25, 0.3) is 0 Å². The number of esters is 1. The molecular formula is C15H17NO5. The second kappa shape index (κ2) is 6.39. The lowest BCUT2D eigenvalue weighted by Crippen LogP contribution is -2.35. The van der Waals surface area contributed by atoms with E-state index in [1.54, 1.807) is 12.1 Å². The SMILES string of the molecule is CCCCOC(=O)CN1C(=O)C(=O)c2cc(OC)ccc21. The molecule has 1 aromatic carbocycles. The number of anilines is 1. The molecule has 0 saturated heterocycles. The zero-order valence-corrected chi connectivity index (χ0v) is 12.0. The van der Waals surface area contributed by atoms with Crippen molar-refractivity contribution in [3.05, 3.63) is 23.8 Å². The average molecular weight is 291 g/mol. The Kier molecular flexibility index (Phi) is 4.57. The van der Waals surface area contributed by atoms with Crippen molar-refractivity contribution in [2.45, 2.75) is 19.8 Å².